The Kier molecular flexibility index (Phi) is 4.58. The Bertz CT molecular complexity index is 616. The molecule has 1 N–H and O–H groups in total. The highest BCUT2D eigenvalue weighted by Gasteiger charge is 2.10. The molecule has 2 rings (SSSR count). The molecule has 1 heterocycles. The van der Waals surface area contributed by atoms with E-state index in [1.807, 2.05) is 31.2 Å². The fourth-order valence-corrected chi connectivity index (χ4v) is 2.04. The zero-order valence-electron chi connectivity index (χ0n) is 11.3. The number of anilines is 1. The number of carbonyl (C=O) groups excluding carboxylic acids is 1. The molecule has 1 atom stereocenters. The van der Waals surface area contributed by atoms with Crippen LogP contribution in [0.1, 0.15) is 29.0 Å². The summed E-state index contributed by atoms with van der Waals surface area (Å²) in [5.41, 5.74) is 2.14. The molecular formula is C15H15ClN2O2. The van der Waals surface area contributed by atoms with E-state index in [0.717, 1.165) is 11.3 Å². The zero-order valence-corrected chi connectivity index (χ0v) is 12.0. The van der Waals surface area contributed by atoms with Gasteiger partial charge in [-0.2, -0.15) is 0 Å². The van der Waals surface area contributed by atoms with Gasteiger partial charge in [-0.15, -0.1) is 0 Å². The van der Waals surface area contributed by atoms with Crippen molar-refractivity contribution in [2.75, 3.05) is 12.4 Å². The smallest absolute Gasteiger partial charge is 0.356 e. The highest BCUT2D eigenvalue weighted by molar-refractivity contribution is 6.30. The van der Waals surface area contributed by atoms with Crippen LogP contribution >= 0.6 is 11.6 Å². The number of nitrogens with zero attached hydrogens (tertiary/aromatic N) is 1. The second-order valence-corrected chi connectivity index (χ2v) is 4.78. The molecule has 1 aromatic heterocycles. The summed E-state index contributed by atoms with van der Waals surface area (Å²) in [4.78, 5) is 15.4. The summed E-state index contributed by atoms with van der Waals surface area (Å²) in [6.07, 6.45) is 1.57. The number of halogens is 1. The van der Waals surface area contributed by atoms with Gasteiger partial charge in [0.05, 0.1) is 7.11 Å². The van der Waals surface area contributed by atoms with Gasteiger partial charge in [-0.1, -0.05) is 23.7 Å². The number of carbonyl (C=O) groups is 1. The van der Waals surface area contributed by atoms with Crippen LogP contribution in [-0.4, -0.2) is 18.1 Å². The number of aromatic nitrogens is 1. The van der Waals surface area contributed by atoms with E-state index in [4.69, 9.17) is 11.6 Å². The summed E-state index contributed by atoms with van der Waals surface area (Å²) in [5.74, 6) is -0.455. The third-order valence-electron chi connectivity index (χ3n) is 2.89. The topological polar surface area (TPSA) is 51.2 Å². The summed E-state index contributed by atoms with van der Waals surface area (Å²) in [5, 5.41) is 3.99. The molecule has 0 aliphatic rings. The number of ether oxygens (including phenoxy) is 1. The van der Waals surface area contributed by atoms with Crippen LogP contribution in [0.15, 0.2) is 42.6 Å². The van der Waals surface area contributed by atoms with Gasteiger partial charge in [0.25, 0.3) is 0 Å². The van der Waals surface area contributed by atoms with Crippen molar-refractivity contribution in [3.05, 3.63) is 58.9 Å². The van der Waals surface area contributed by atoms with E-state index in [1.54, 1.807) is 18.3 Å². The van der Waals surface area contributed by atoms with Gasteiger partial charge < -0.3 is 10.1 Å². The van der Waals surface area contributed by atoms with Gasteiger partial charge in [0.15, 0.2) is 0 Å². The van der Waals surface area contributed by atoms with E-state index in [2.05, 4.69) is 15.0 Å². The van der Waals surface area contributed by atoms with Crippen LogP contribution < -0.4 is 5.32 Å². The number of nitrogens with one attached hydrogen (secondary N) is 1. The molecule has 0 bridgehead atoms. The highest BCUT2D eigenvalue weighted by atomic mass is 35.5. The first-order valence-electron chi connectivity index (χ1n) is 6.16. The third kappa shape index (κ3) is 3.48. The molecule has 5 heteroatoms. The van der Waals surface area contributed by atoms with Crippen LogP contribution in [0.2, 0.25) is 5.02 Å². The van der Waals surface area contributed by atoms with E-state index in [1.165, 1.54) is 7.11 Å². The Labute approximate surface area is 122 Å². The van der Waals surface area contributed by atoms with Crippen molar-refractivity contribution in [1.29, 1.82) is 0 Å². The van der Waals surface area contributed by atoms with E-state index in [-0.39, 0.29) is 11.7 Å². The lowest BCUT2D eigenvalue weighted by Gasteiger charge is -2.16. The third-order valence-corrected chi connectivity index (χ3v) is 3.12. The summed E-state index contributed by atoms with van der Waals surface area (Å²) in [6, 6.07) is 11.2. The van der Waals surface area contributed by atoms with E-state index < -0.39 is 5.97 Å². The molecule has 1 unspecified atom stereocenters. The first-order chi connectivity index (χ1) is 9.60. The molecule has 20 heavy (non-hydrogen) atoms. The first kappa shape index (κ1) is 14.3. The Morgan fingerprint density at radius 2 is 2.15 bits per heavy atom. The van der Waals surface area contributed by atoms with Crippen LogP contribution in [-0.2, 0) is 4.74 Å². The van der Waals surface area contributed by atoms with Gasteiger partial charge in [-0.3, -0.25) is 0 Å². The molecule has 0 aliphatic heterocycles. The second-order valence-electron chi connectivity index (χ2n) is 4.34. The van der Waals surface area contributed by atoms with Gasteiger partial charge in [0, 0.05) is 22.9 Å². The van der Waals surface area contributed by atoms with Crippen LogP contribution in [0, 0.1) is 0 Å². The molecule has 0 saturated heterocycles. The van der Waals surface area contributed by atoms with Crippen LogP contribution in [0.4, 0.5) is 5.69 Å². The van der Waals surface area contributed by atoms with Crippen molar-refractivity contribution in [3.8, 4) is 0 Å². The minimum atomic E-state index is -0.455. The van der Waals surface area contributed by atoms with Gasteiger partial charge in [-0.05, 0) is 36.8 Å². The largest absolute Gasteiger partial charge is 0.464 e. The molecule has 0 radical (unpaired) electrons. The van der Waals surface area contributed by atoms with Crippen molar-refractivity contribution in [3.63, 3.8) is 0 Å². The fraction of sp³-hybridized carbons (Fsp3) is 0.200. The van der Waals surface area contributed by atoms with E-state index in [0.29, 0.717) is 5.02 Å². The maximum Gasteiger partial charge on any atom is 0.356 e. The molecular weight excluding hydrogens is 276 g/mol. The number of rotatable bonds is 4. The van der Waals surface area contributed by atoms with Gasteiger partial charge in [0.1, 0.15) is 5.69 Å². The first-order valence-corrected chi connectivity index (χ1v) is 6.54. The van der Waals surface area contributed by atoms with Gasteiger partial charge in [0.2, 0.25) is 0 Å². The van der Waals surface area contributed by atoms with Crippen molar-refractivity contribution >= 4 is 23.3 Å². The SMILES string of the molecule is COC(=O)c1cc(NC(C)c2cccc(Cl)c2)ccn1. The van der Waals surface area contributed by atoms with E-state index in [9.17, 15) is 4.79 Å². The quantitative estimate of drug-likeness (QED) is 0.873. The summed E-state index contributed by atoms with van der Waals surface area (Å²) >= 11 is 5.98. The number of benzene rings is 1. The highest BCUT2D eigenvalue weighted by Crippen LogP contribution is 2.22. The maximum atomic E-state index is 11.4. The lowest BCUT2D eigenvalue weighted by molar-refractivity contribution is 0.0594. The Balaban J connectivity index is 2.15. The molecule has 1 aromatic carbocycles. The van der Waals surface area contributed by atoms with Crippen LogP contribution in [0.3, 0.4) is 0 Å². The second kappa shape index (κ2) is 6.39. The predicted molar refractivity (Wildman–Crippen MR) is 79.1 cm³/mol. The van der Waals surface area contributed by atoms with Crippen molar-refractivity contribution < 1.29 is 9.53 Å². The molecule has 0 saturated carbocycles. The Hall–Kier alpha value is -2.07. The lowest BCUT2D eigenvalue weighted by atomic mass is 10.1. The number of esters is 1. The lowest BCUT2D eigenvalue weighted by Crippen LogP contribution is -2.09. The molecule has 4 nitrogen and oxygen atoms in total. The molecule has 0 amide bonds. The molecule has 0 fully saturated rings. The molecule has 0 spiro atoms. The number of hydrogen-bond donors (Lipinski definition) is 1. The van der Waals surface area contributed by atoms with E-state index >= 15 is 0 Å². The number of hydrogen-bond acceptors (Lipinski definition) is 4. The van der Waals surface area contributed by atoms with Crippen LogP contribution in [0.25, 0.3) is 0 Å². The summed E-state index contributed by atoms with van der Waals surface area (Å²) in [6.45, 7) is 2.02. The Morgan fingerprint density at radius 3 is 2.85 bits per heavy atom. The molecule has 2 aromatic rings. The average molecular weight is 291 g/mol. The standard InChI is InChI=1S/C15H15ClN2O2/c1-10(11-4-3-5-12(16)8-11)18-13-6-7-17-14(9-13)15(19)20-2/h3-10H,1-2H3,(H,17,18). The Morgan fingerprint density at radius 1 is 1.35 bits per heavy atom. The van der Waals surface area contributed by atoms with Gasteiger partial charge in [-0.25, -0.2) is 9.78 Å². The monoisotopic (exact) mass is 290 g/mol. The summed E-state index contributed by atoms with van der Waals surface area (Å²) in [7, 11) is 1.33. The normalized spacial score (nSPS) is 11.8. The number of methoxy groups -OCH3 is 1. The minimum Gasteiger partial charge on any atom is -0.464 e. The van der Waals surface area contributed by atoms with Crippen LogP contribution in [0.5, 0.6) is 0 Å². The van der Waals surface area contributed by atoms with Crippen molar-refractivity contribution in [1.82, 2.24) is 4.98 Å². The summed E-state index contributed by atoms with van der Waals surface area (Å²) < 4.78 is 4.65. The molecule has 0 aliphatic carbocycles. The van der Waals surface area contributed by atoms with Crippen molar-refractivity contribution in [2.24, 2.45) is 0 Å². The molecule has 104 valence electrons. The number of pyridine rings is 1. The average Bonchev–Trinajstić information content (AvgIpc) is 2.46. The van der Waals surface area contributed by atoms with Gasteiger partial charge >= 0.3 is 5.97 Å². The predicted octanol–water partition coefficient (Wildman–Crippen LogP) is 3.69. The maximum absolute atomic E-state index is 11.4. The minimum absolute atomic E-state index is 0.0570. The fourth-order valence-electron chi connectivity index (χ4n) is 1.85. The van der Waals surface area contributed by atoms with Crippen molar-refractivity contribution in [2.45, 2.75) is 13.0 Å². The zero-order chi connectivity index (χ0) is 14.5.